The number of esters is 1. The van der Waals surface area contributed by atoms with Crippen molar-refractivity contribution in [2.45, 2.75) is 18.2 Å². The third kappa shape index (κ3) is 5.13. The molecule has 1 atom stereocenters. The standard InChI is InChI=1S/C22H24N2O5S/c1-14-10-17(29-13-21(26)28-2)6-9-19(14)23-22(27)15-11-20(25)24(12-15)16-4-7-18(30-3)8-5-16/h4-10,15H,11-13H2,1-3H3,(H,23,27). The molecule has 3 rings (SSSR count). The van der Waals surface area contributed by atoms with Crippen LogP contribution in [0.1, 0.15) is 12.0 Å². The van der Waals surface area contributed by atoms with Gasteiger partial charge in [0.25, 0.3) is 0 Å². The highest BCUT2D eigenvalue weighted by Crippen LogP contribution is 2.28. The van der Waals surface area contributed by atoms with Crippen LogP contribution in [0, 0.1) is 12.8 Å². The number of hydrogen-bond acceptors (Lipinski definition) is 6. The van der Waals surface area contributed by atoms with Crippen LogP contribution >= 0.6 is 11.8 Å². The fraction of sp³-hybridized carbons (Fsp3) is 0.318. The topological polar surface area (TPSA) is 84.9 Å². The number of nitrogens with one attached hydrogen (secondary N) is 1. The first-order valence-corrected chi connectivity index (χ1v) is 10.7. The third-order valence-electron chi connectivity index (χ3n) is 4.92. The molecule has 0 bridgehead atoms. The number of benzene rings is 2. The summed E-state index contributed by atoms with van der Waals surface area (Å²) in [7, 11) is 1.30. The first-order chi connectivity index (χ1) is 14.4. The second-order valence-electron chi connectivity index (χ2n) is 6.93. The van der Waals surface area contributed by atoms with Crippen LogP contribution in [0.5, 0.6) is 5.75 Å². The van der Waals surface area contributed by atoms with Gasteiger partial charge in [-0.05, 0) is 61.2 Å². The van der Waals surface area contributed by atoms with Crippen LogP contribution in [0.3, 0.4) is 0 Å². The number of carbonyl (C=O) groups is 3. The van der Waals surface area contributed by atoms with Crippen LogP contribution in [0.15, 0.2) is 47.4 Å². The Morgan fingerprint density at radius 3 is 2.57 bits per heavy atom. The first-order valence-electron chi connectivity index (χ1n) is 9.47. The van der Waals surface area contributed by atoms with E-state index in [1.54, 1.807) is 34.9 Å². The lowest BCUT2D eigenvalue weighted by Crippen LogP contribution is -2.28. The maximum atomic E-state index is 12.7. The lowest BCUT2D eigenvalue weighted by molar-refractivity contribution is -0.142. The quantitative estimate of drug-likeness (QED) is 0.538. The summed E-state index contributed by atoms with van der Waals surface area (Å²) >= 11 is 1.64. The van der Waals surface area contributed by atoms with Crippen molar-refractivity contribution >= 4 is 40.9 Å². The zero-order chi connectivity index (χ0) is 21.7. The van der Waals surface area contributed by atoms with Crippen molar-refractivity contribution in [3.8, 4) is 5.75 Å². The molecule has 1 aliphatic heterocycles. The minimum Gasteiger partial charge on any atom is -0.482 e. The van der Waals surface area contributed by atoms with Gasteiger partial charge < -0.3 is 19.7 Å². The summed E-state index contributed by atoms with van der Waals surface area (Å²) in [5.41, 5.74) is 2.23. The molecule has 30 heavy (non-hydrogen) atoms. The molecule has 0 saturated carbocycles. The molecule has 1 fully saturated rings. The normalized spacial score (nSPS) is 15.8. The highest BCUT2D eigenvalue weighted by Gasteiger charge is 2.35. The molecule has 1 unspecified atom stereocenters. The number of hydrogen-bond donors (Lipinski definition) is 1. The van der Waals surface area contributed by atoms with Crippen molar-refractivity contribution in [1.29, 1.82) is 0 Å². The molecule has 2 amide bonds. The zero-order valence-electron chi connectivity index (χ0n) is 17.1. The van der Waals surface area contributed by atoms with E-state index in [1.807, 2.05) is 37.4 Å². The molecule has 1 saturated heterocycles. The van der Waals surface area contributed by atoms with Crippen LogP contribution in [0.4, 0.5) is 11.4 Å². The van der Waals surface area contributed by atoms with Gasteiger partial charge in [0.1, 0.15) is 5.75 Å². The minimum absolute atomic E-state index is 0.0599. The van der Waals surface area contributed by atoms with Gasteiger partial charge in [-0.25, -0.2) is 4.79 Å². The molecule has 0 aliphatic carbocycles. The second kappa shape index (κ2) is 9.67. The predicted molar refractivity (Wildman–Crippen MR) is 116 cm³/mol. The smallest absolute Gasteiger partial charge is 0.343 e. The van der Waals surface area contributed by atoms with Crippen molar-refractivity contribution in [3.05, 3.63) is 48.0 Å². The molecule has 0 spiro atoms. The maximum absolute atomic E-state index is 12.7. The average Bonchev–Trinajstić information content (AvgIpc) is 3.15. The number of carbonyl (C=O) groups excluding carboxylic acids is 3. The van der Waals surface area contributed by atoms with Gasteiger partial charge in [0.15, 0.2) is 6.61 Å². The number of methoxy groups -OCH3 is 1. The largest absolute Gasteiger partial charge is 0.482 e. The maximum Gasteiger partial charge on any atom is 0.343 e. The van der Waals surface area contributed by atoms with E-state index in [1.165, 1.54) is 7.11 Å². The summed E-state index contributed by atoms with van der Waals surface area (Å²) < 4.78 is 9.90. The number of nitrogens with zero attached hydrogens (tertiary/aromatic N) is 1. The van der Waals surface area contributed by atoms with Crippen LogP contribution < -0.4 is 15.0 Å². The monoisotopic (exact) mass is 428 g/mol. The summed E-state index contributed by atoms with van der Waals surface area (Å²) in [4.78, 5) is 39.1. The number of thioether (sulfide) groups is 1. The first kappa shape index (κ1) is 21.7. The second-order valence-corrected chi connectivity index (χ2v) is 7.81. The van der Waals surface area contributed by atoms with E-state index >= 15 is 0 Å². The summed E-state index contributed by atoms with van der Waals surface area (Å²) in [6, 6.07) is 12.9. The Balaban J connectivity index is 1.61. The molecule has 1 heterocycles. The molecule has 0 aromatic heterocycles. The number of rotatable bonds is 7. The number of ether oxygens (including phenoxy) is 2. The lowest BCUT2D eigenvalue weighted by Gasteiger charge is -2.17. The molecular weight excluding hydrogens is 404 g/mol. The Bertz CT molecular complexity index is 945. The van der Waals surface area contributed by atoms with E-state index in [2.05, 4.69) is 10.1 Å². The average molecular weight is 429 g/mol. The van der Waals surface area contributed by atoms with Gasteiger partial charge in [-0.1, -0.05) is 0 Å². The van der Waals surface area contributed by atoms with Gasteiger partial charge in [-0.3, -0.25) is 9.59 Å². The van der Waals surface area contributed by atoms with Gasteiger partial charge in [0, 0.05) is 29.2 Å². The summed E-state index contributed by atoms with van der Waals surface area (Å²) in [6.07, 6.45) is 2.17. The Labute approximate surface area is 179 Å². The SMILES string of the molecule is COC(=O)COc1ccc(NC(=O)C2CC(=O)N(c3ccc(SC)cc3)C2)c(C)c1. The predicted octanol–water partition coefficient (Wildman–Crippen LogP) is 3.26. The molecule has 1 N–H and O–H groups in total. The lowest BCUT2D eigenvalue weighted by atomic mass is 10.1. The molecule has 1 aliphatic rings. The van der Waals surface area contributed by atoms with Crippen molar-refractivity contribution in [2.75, 3.05) is 36.7 Å². The van der Waals surface area contributed by atoms with E-state index in [-0.39, 0.29) is 24.8 Å². The van der Waals surface area contributed by atoms with Crippen LogP contribution in [-0.2, 0) is 19.1 Å². The summed E-state index contributed by atoms with van der Waals surface area (Å²) in [5.74, 6) is -0.643. The fourth-order valence-corrected chi connectivity index (χ4v) is 3.61. The minimum atomic E-state index is -0.469. The van der Waals surface area contributed by atoms with Gasteiger partial charge in [0.2, 0.25) is 11.8 Å². The van der Waals surface area contributed by atoms with Crippen molar-refractivity contribution in [3.63, 3.8) is 0 Å². The zero-order valence-corrected chi connectivity index (χ0v) is 18.0. The summed E-state index contributed by atoms with van der Waals surface area (Å²) in [5, 5.41) is 2.90. The number of amides is 2. The van der Waals surface area contributed by atoms with Crippen molar-refractivity contribution < 1.29 is 23.9 Å². The van der Waals surface area contributed by atoms with E-state index in [0.717, 1.165) is 16.1 Å². The molecule has 158 valence electrons. The third-order valence-corrected chi connectivity index (χ3v) is 5.66. The Morgan fingerprint density at radius 1 is 1.20 bits per heavy atom. The van der Waals surface area contributed by atoms with E-state index in [4.69, 9.17) is 4.74 Å². The molecular formula is C22H24N2O5S. The van der Waals surface area contributed by atoms with E-state index in [0.29, 0.717) is 18.0 Å². The fourth-order valence-electron chi connectivity index (χ4n) is 3.20. The van der Waals surface area contributed by atoms with Gasteiger partial charge in [-0.15, -0.1) is 11.8 Å². The summed E-state index contributed by atoms with van der Waals surface area (Å²) in [6.45, 7) is 2.00. The molecule has 2 aromatic carbocycles. The molecule has 0 radical (unpaired) electrons. The van der Waals surface area contributed by atoms with Crippen molar-refractivity contribution in [2.24, 2.45) is 5.92 Å². The van der Waals surface area contributed by atoms with Crippen molar-refractivity contribution in [1.82, 2.24) is 0 Å². The van der Waals surface area contributed by atoms with Crippen LogP contribution in [0.25, 0.3) is 0 Å². The van der Waals surface area contributed by atoms with Gasteiger partial charge in [0.05, 0.1) is 13.0 Å². The van der Waals surface area contributed by atoms with E-state index < -0.39 is 11.9 Å². The van der Waals surface area contributed by atoms with Crippen LogP contribution in [0.2, 0.25) is 0 Å². The Hall–Kier alpha value is -3.00. The van der Waals surface area contributed by atoms with Gasteiger partial charge in [-0.2, -0.15) is 0 Å². The Morgan fingerprint density at radius 2 is 1.93 bits per heavy atom. The van der Waals surface area contributed by atoms with Crippen LogP contribution in [-0.4, -0.2) is 44.3 Å². The molecule has 7 nitrogen and oxygen atoms in total. The highest BCUT2D eigenvalue weighted by molar-refractivity contribution is 7.98. The molecule has 2 aromatic rings. The number of anilines is 2. The van der Waals surface area contributed by atoms with Gasteiger partial charge >= 0.3 is 5.97 Å². The van der Waals surface area contributed by atoms with E-state index in [9.17, 15) is 14.4 Å². The highest BCUT2D eigenvalue weighted by atomic mass is 32.2. The molecule has 8 heteroatoms. The number of aryl methyl sites for hydroxylation is 1. The Kier molecular flexibility index (Phi) is 6.99.